The Kier molecular flexibility index (Phi) is 3.83. The summed E-state index contributed by atoms with van der Waals surface area (Å²) in [4.78, 5) is 26.2. The predicted molar refractivity (Wildman–Crippen MR) is 82.5 cm³/mol. The molecule has 4 nitrogen and oxygen atoms in total. The predicted octanol–water partition coefficient (Wildman–Crippen LogP) is 4.02. The Balaban J connectivity index is 2.45. The van der Waals surface area contributed by atoms with Crippen molar-refractivity contribution in [2.24, 2.45) is 5.92 Å². The molecule has 2 amide bonds. The topological polar surface area (TPSA) is 46.6 Å². The van der Waals surface area contributed by atoms with Gasteiger partial charge < -0.3 is 4.74 Å². The molecule has 1 atom stereocenters. The molecule has 0 aromatic heterocycles. The first-order chi connectivity index (χ1) is 9.61. The van der Waals surface area contributed by atoms with Gasteiger partial charge in [-0.1, -0.05) is 31.5 Å². The van der Waals surface area contributed by atoms with Gasteiger partial charge in [0.2, 0.25) is 5.91 Å². The molecule has 1 unspecified atom stereocenters. The largest absolute Gasteiger partial charge is 0.443 e. The number of rotatable bonds is 1. The molecular formula is C17H23NO3. The Labute approximate surface area is 126 Å². The maximum absolute atomic E-state index is 12.7. The van der Waals surface area contributed by atoms with Crippen molar-refractivity contribution in [1.82, 2.24) is 0 Å². The molecule has 0 N–H and O–H groups in total. The summed E-state index contributed by atoms with van der Waals surface area (Å²) in [5.41, 5.74) is 2.02. The second-order valence-corrected chi connectivity index (χ2v) is 6.94. The van der Waals surface area contributed by atoms with Gasteiger partial charge in [-0.25, -0.2) is 9.69 Å². The van der Waals surface area contributed by atoms with E-state index in [1.807, 2.05) is 39.0 Å². The smallest absolute Gasteiger partial charge is 0.421 e. The summed E-state index contributed by atoms with van der Waals surface area (Å²) in [6, 6.07) is 5.73. The molecule has 0 fully saturated rings. The standard InChI is InChI=1S/C17H23NO3/c1-10(2)14-12-9-11(3)7-8-13(12)18(15(14)19)16(20)21-17(4,5)6/h7-10,14H,1-6H3. The molecule has 0 bridgehead atoms. The molecule has 0 saturated carbocycles. The van der Waals surface area contributed by atoms with Gasteiger partial charge in [-0.15, -0.1) is 0 Å². The summed E-state index contributed by atoms with van der Waals surface area (Å²) >= 11 is 0. The molecule has 0 aliphatic carbocycles. The number of benzene rings is 1. The van der Waals surface area contributed by atoms with Crippen LogP contribution >= 0.6 is 0 Å². The van der Waals surface area contributed by atoms with Gasteiger partial charge in [0.1, 0.15) is 5.60 Å². The van der Waals surface area contributed by atoms with Crippen LogP contribution in [0.3, 0.4) is 0 Å². The minimum Gasteiger partial charge on any atom is -0.443 e. The number of ether oxygens (including phenoxy) is 1. The molecule has 1 aliphatic rings. The first-order valence-corrected chi connectivity index (χ1v) is 7.29. The number of fused-ring (bicyclic) bond motifs is 1. The Hall–Kier alpha value is -1.84. The zero-order valence-electron chi connectivity index (χ0n) is 13.6. The average molecular weight is 289 g/mol. The zero-order chi connectivity index (χ0) is 15.9. The fourth-order valence-corrected chi connectivity index (χ4v) is 2.66. The van der Waals surface area contributed by atoms with Crippen molar-refractivity contribution in [2.45, 2.75) is 53.1 Å². The van der Waals surface area contributed by atoms with E-state index in [0.717, 1.165) is 11.1 Å². The first-order valence-electron chi connectivity index (χ1n) is 7.29. The van der Waals surface area contributed by atoms with Crippen LogP contribution in [0.4, 0.5) is 10.5 Å². The van der Waals surface area contributed by atoms with Crippen LogP contribution in [0.25, 0.3) is 0 Å². The molecule has 21 heavy (non-hydrogen) atoms. The summed E-state index contributed by atoms with van der Waals surface area (Å²) in [6.07, 6.45) is -0.597. The molecule has 114 valence electrons. The highest BCUT2D eigenvalue weighted by atomic mass is 16.6. The van der Waals surface area contributed by atoms with Crippen molar-refractivity contribution in [3.63, 3.8) is 0 Å². The summed E-state index contributed by atoms with van der Waals surface area (Å²) in [7, 11) is 0. The summed E-state index contributed by atoms with van der Waals surface area (Å²) in [6.45, 7) is 11.4. The number of nitrogens with zero attached hydrogens (tertiary/aromatic N) is 1. The minimum absolute atomic E-state index is 0.130. The van der Waals surface area contributed by atoms with Crippen molar-refractivity contribution in [1.29, 1.82) is 0 Å². The Bertz CT molecular complexity index is 584. The maximum atomic E-state index is 12.7. The van der Waals surface area contributed by atoms with Crippen molar-refractivity contribution in [3.8, 4) is 0 Å². The van der Waals surface area contributed by atoms with Crippen molar-refractivity contribution in [3.05, 3.63) is 29.3 Å². The second-order valence-electron chi connectivity index (χ2n) is 6.94. The van der Waals surface area contributed by atoms with Crippen LogP contribution in [0.1, 0.15) is 51.7 Å². The lowest BCUT2D eigenvalue weighted by molar-refractivity contribution is -0.119. The number of carbonyl (C=O) groups excluding carboxylic acids is 2. The van der Waals surface area contributed by atoms with Gasteiger partial charge in [-0.3, -0.25) is 4.79 Å². The number of imide groups is 1. The van der Waals surface area contributed by atoms with Crippen LogP contribution in [0.2, 0.25) is 0 Å². The molecule has 0 saturated heterocycles. The summed E-state index contributed by atoms with van der Waals surface area (Å²) in [5.74, 6) is -0.349. The monoisotopic (exact) mass is 289 g/mol. The Morgan fingerprint density at radius 1 is 1.29 bits per heavy atom. The van der Waals surface area contributed by atoms with E-state index in [0.29, 0.717) is 5.69 Å². The molecule has 0 radical (unpaired) electrons. The third kappa shape index (κ3) is 2.94. The van der Waals surface area contributed by atoms with Gasteiger partial charge in [0.05, 0.1) is 11.6 Å². The third-order valence-electron chi connectivity index (χ3n) is 3.49. The lowest BCUT2D eigenvalue weighted by atomic mass is 9.89. The lowest BCUT2D eigenvalue weighted by Crippen LogP contribution is -2.40. The highest BCUT2D eigenvalue weighted by Gasteiger charge is 2.43. The average Bonchev–Trinajstić information content (AvgIpc) is 2.57. The van der Waals surface area contributed by atoms with E-state index in [9.17, 15) is 9.59 Å². The minimum atomic E-state index is -0.627. The van der Waals surface area contributed by atoms with Crippen molar-refractivity contribution < 1.29 is 14.3 Å². The van der Waals surface area contributed by atoms with E-state index in [1.54, 1.807) is 20.8 Å². The lowest BCUT2D eigenvalue weighted by Gasteiger charge is -2.24. The zero-order valence-corrected chi connectivity index (χ0v) is 13.6. The maximum Gasteiger partial charge on any atom is 0.421 e. The normalized spacial score (nSPS) is 18.1. The molecule has 1 heterocycles. The molecule has 1 aromatic carbocycles. The van der Waals surface area contributed by atoms with Crippen LogP contribution in [0, 0.1) is 12.8 Å². The van der Waals surface area contributed by atoms with Gasteiger partial charge in [0.25, 0.3) is 0 Å². The molecule has 0 spiro atoms. The quantitative estimate of drug-likeness (QED) is 0.784. The van der Waals surface area contributed by atoms with Crippen molar-refractivity contribution in [2.75, 3.05) is 4.90 Å². The van der Waals surface area contributed by atoms with E-state index in [4.69, 9.17) is 4.74 Å². The highest BCUT2D eigenvalue weighted by molar-refractivity contribution is 6.19. The fourth-order valence-electron chi connectivity index (χ4n) is 2.66. The Morgan fingerprint density at radius 2 is 1.90 bits per heavy atom. The van der Waals surface area contributed by atoms with Crippen LogP contribution in [0.5, 0.6) is 0 Å². The highest BCUT2D eigenvalue weighted by Crippen LogP contribution is 2.42. The van der Waals surface area contributed by atoms with E-state index in [-0.39, 0.29) is 17.7 Å². The van der Waals surface area contributed by atoms with Gasteiger partial charge in [-0.05, 0) is 45.2 Å². The number of carbonyl (C=O) groups is 2. The summed E-state index contributed by atoms with van der Waals surface area (Å²) < 4.78 is 5.37. The number of anilines is 1. The third-order valence-corrected chi connectivity index (χ3v) is 3.49. The van der Waals surface area contributed by atoms with Crippen molar-refractivity contribution >= 4 is 17.7 Å². The number of hydrogen-bond donors (Lipinski definition) is 0. The van der Waals surface area contributed by atoms with Crippen LogP contribution < -0.4 is 4.90 Å². The van der Waals surface area contributed by atoms with Gasteiger partial charge in [0, 0.05) is 0 Å². The van der Waals surface area contributed by atoms with Gasteiger partial charge in [0.15, 0.2) is 0 Å². The SMILES string of the molecule is Cc1ccc2c(c1)C(C(C)C)C(=O)N2C(=O)OC(C)(C)C. The van der Waals surface area contributed by atoms with E-state index in [2.05, 4.69) is 0 Å². The van der Waals surface area contributed by atoms with Crippen LogP contribution in [-0.2, 0) is 9.53 Å². The number of amides is 2. The van der Waals surface area contributed by atoms with E-state index in [1.165, 1.54) is 4.90 Å². The van der Waals surface area contributed by atoms with E-state index < -0.39 is 11.7 Å². The van der Waals surface area contributed by atoms with Gasteiger partial charge in [-0.2, -0.15) is 0 Å². The second kappa shape index (κ2) is 5.17. The molecule has 1 aromatic rings. The van der Waals surface area contributed by atoms with Gasteiger partial charge >= 0.3 is 6.09 Å². The Morgan fingerprint density at radius 3 is 2.43 bits per heavy atom. The molecular weight excluding hydrogens is 266 g/mol. The van der Waals surface area contributed by atoms with E-state index >= 15 is 0 Å². The molecule has 2 rings (SSSR count). The van der Waals surface area contributed by atoms with Crippen LogP contribution in [0.15, 0.2) is 18.2 Å². The molecule has 4 heteroatoms. The first kappa shape index (κ1) is 15.5. The fraction of sp³-hybridized carbons (Fsp3) is 0.529. The van der Waals surface area contributed by atoms with Crippen LogP contribution in [-0.4, -0.2) is 17.6 Å². The summed E-state index contributed by atoms with van der Waals surface area (Å²) in [5, 5.41) is 0. The number of aryl methyl sites for hydroxylation is 1. The molecule has 1 aliphatic heterocycles. The number of hydrogen-bond acceptors (Lipinski definition) is 3.